The Bertz CT molecular complexity index is 659. The number of β-amino-alcohol motifs (C(OH)–C–C–N with tert-alkyl or cyclic N) is 1. The molecule has 136 valence electrons. The number of carboxylic acids is 1. The summed E-state index contributed by atoms with van der Waals surface area (Å²) in [6.45, 7) is 8.91. The van der Waals surface area contributed by atoms with Crippen molar-refractivity contribution in [2.24, 2.45) is 0 Å². The van der Waals surface area contributed by atoms with Gasteiger partial charge >= 0.3 is 5.97 Å². The molecule has 1 aromatic rings. The summed E-state index contributed by atoms with van der Waals surface area (Å²) in [5, 5.41) is 19.4. The third kappa shape index (κ3) is 3.08. The predicted molar refractivity (Wildman–Crippen MR) is 94.6 cm³/mol. The van der Waals surface area contributed by atoms with Gasteiger partial charge < -0.3 is 10.2 Å². The van der Waals surface area contributed by atoms with Crippen molar-refractivity contribution in [1.82, 2.24) is 14.7 Å². The van der Waals surface area contributed by atoms with E-state index in [1.165, 1.54) is 0 Å². The molecule has 3 heterocycles. The lowest BCUT2D eigenvalue weighted by molar-refractivity contribution is -0.113. The number of aliphatic hydroxyl groups is 1. The van der Waals surface area contributed by atoms with E-state index in [-0.39, 0.29) is 11.6 Å². The number of piperazine rings is 1. The molecule has 2 N–H and O–H groups in total. The van der Waals surface area contributed by atoms with Crippen molar-refractivity contribution in [3.05, 3.63) is 35.4 Å². The number of rotatable bonds is 4. The summed E-state index contributed by atoms with van der Waals surface area (Å²) in [6, 6.07) is 7.67. The van der Waals surface area contributed by atoms with Crippen LogP contribution in [-0.2, 0) is 6.54 Å². The zero-order valence-corrected chi connectivity index (χ0v) is 14.8. The van der Waals surface area contributed by atoms with Crippen LogP contribution in [0, 0.1) is 0 Å². The fraction of sp³-hybridized carbons (Fsp3) is 0.632. The lowest BCUT2D eigenvalue weighted by Crippen LogP contribution is -2.77. The fourth-order valence-electron chi connectivity index (χ4n) is 4.99. The number of hydrogen-bond acceptors (Lipinski definition) is 5. The number of aromatic carboxylic acids is 1. The van der Waals surface area contributed by atoms with Crippen LogP contribution in [0.5, 0.6) is 0 Å². The summed E-state index contributed by atoms with van der Waals surface area (Å²) in [7, 11) is 0. The standard InChI is InChI=1S/C19H27N3O3/c1-2-20-11-19(12-20)13-21(9-16-7-17(23)10-22(16)19)8-14-4-3-5-15(6-14)18(24)25/h3-6,16-17,23H,2,7-13H2,1H3,(H,24,25)/t16-,17+/m0/s1. The SMILES string of the molecule is CCN1CC2(CN(Cc3cccc(C(=O)O)c3)C[C@@H]3C[C@@H](O)CN32)C1. The molecule has 3 fully saturated rings. The average molecular weight is 345 g/mol. The van der Waals surface area contributed by atoms with Crippen LogP contribution in [0.3, 0.4) is 0 Å². The largest absolute Gasteiger partial charge is 0.478 e. The van der Waals surface area contributed by atoms with Gasteiger partial charge in [0.05, 0.1) is 17.2 Å². The van der Waals surface area contributed by atoms with Crippen molar-refractivity contribution in [3.8, 4) is 0 Å². The molecule has 0 aliphatic carbocycles. The highest BCUT2D eigenvalue weighted by atomic mass is 16.4. The second-order valence-corrected chi connectivity index (χ2v) is 7.90. The number of carbonyl (C=O) groups is 1. The molecule has 1 spiro atoms. The first-order valence-corrected chi connectivity index (χ1v) is 9.21. The Kier molecular flexibility index (Phi) is 4.32. The molecule has 6 heteroatoms. The molecule has 0 unspecified atom stereocenters. The van der Waals surface area contributed by atoms with Gasteiger partial charge in [0, 0.05) is 45.3 Å². The van der Waals surface area contributed by atoms with Crippen molar-refractivity contribution in [2.75, 3.05) is 39.3 Å². The van der Waals surface area contributed by atoms with Gasteiger partial charge in [-0.25, -0.2) is 4.79 Å². The number of carboxylic acid groups (broad SMARTS) is 1. The lowest BCUT2D eigenvalue weighted by atomic mass is 9.83. The number of nitrogens with zero attached hydrogens (tertiary/aromatic N) is 3. The summed E-state index contributed by atoms with van der Waals surface area (Å²) in [6.07, 6.45) is 0.632. The van der Waals surface area contributed by atoms with Crippen molar-refractivity contribution in [2.45, 2.75) is 37.6 Å². The van der Waals surface area contributed by atoms with Gasteiger partial charge in [0.1, 0.15) is 0 Å². The molecule has 6 nitrogen and oxygen atoms in total. The smallest absolute Gasteiger partial charge is 0.335 e. The van der Waals surface area contributed by atoms with Crippen molar-refractivity contribution >= 4 is 5.97 Å². The minimum Gasteiger partial charge on any atom is -0.478 e. The monoisotopic (exact) mass is 345 g/mol. The normalized spacial score (nSPS) is 29.5. The van der Waals surface area contributed by atoms with Gasteiger partial charge in [-0.2, -0.15) is 0 Å². The molecule has 0 aromatic heterocycles. The molecule has 0 saturated carbocycles. The van der Waals surface area contributed by atoms with Crippen molar-refractivity contribution in [3.63, 3.8) is 0 Å². The molecule has 0 amide bonds. The first-order valence-electron chi connectivity index (χ1n) is 9.21. The molecular formula is C19H27N3O3. The van der Waals surface area contributed by atoms with Gasteiger partial charge in [0.2, 0.25) is 0 Å². The molecule has 25 heavy (non-hydrogen) atoms. The number of hydrogen-bond donors (Lipinski definition) is 2. The molecule has 3 aliphatic heterocycles. The summed E-state index contributed by atoms with van der Waals surface area (Å²) in [5.41, 5.74) is 1.55. The third-order valence-corrected chi connectivity index (χ3v) is 6.05. The molecule has 1 aromatic carbocycles. The van der Waals surface area contributed by atoms with Crippen LogP contribution < -0.4 is 0 Å². The Morgan fingerprint density at radius 1 is 1.24 bits per heavy atom. The summed E-state index contributed by atoms with van der Waals surface area (Å²) < 4.78 is 0. The maximum atomic E-state index is 11.2. The highest BCUT2D eigenvalue weighted by Crippen LogP contribution is 2.39. The second kappa shape index (κ2) is 6.36. The molecule has 3 aliphatic rings. The molecule has 0 bridgehead atoms. The highest BCUT2D eigenvalue weighted by Gasteiger charge is 2.55. The van der Waals surface area contributed by atoms with E-state index < -0.39 is 5.97 Å². The minimum atomic E-state index is -0.875. The van der Waals surface area contributed by atoms with E-state index in [0.717, 1.165) is 57.8 Å². The molecule has 4 rings (SSSR count). The van der Waals surface area contributed by atoms with Gasteiger partial charge in [0.25, 0.3) is 0 Å². The topological polar surface area (TPSA) is 67.2 Å². The van der Waals surface area contributed by atoms with Gasteiger partial charge in [-0.05, 0) is 30.7 Å². The Balaban J connectivity index is 1.51. The van der Waals surface area contributed by atoms with Crippen LogP contribution in [0.25, 0.3) is 0 Å². The van der Waals surface area contributed by atoms with Crippen LogP contribution in [0.15, 0.2) is 24.3 Å². The zero-order chi connectivity index (χ0) is 17.6. The van der Waals surface area contributed by atoms with Crippen LogP contribution in [0.2, 0.25) is 0 Å². The molecule has 3 saturated heterocycles. The Morgan fingerprint density at radius 3 is 2.72 bits per heavy atom. The average Bonchev–Trinajstić information content (AvgIpc) is 2.92. The molecule has 2 atom stereocenters. The van der Waals surface area contributed by atoms with E-state index in [0.29, 0.717) is 11.6 Å². The Labute approximate surface area is 148 Å². The maximum absolute atomic E-state index is 11.2. The highest BCUT2D eigenvalue weighted by molar-refractivity contribution is 5.87. The number of aliphatic hydroxyl groups excluding tert-OH is 1. The third-order valence-electron chi connectivity index (χ3n) is 6.05. The quantitative estimate of drug-likeness (QED) is 0.838. The van der Waals surface area contributed by atoms with Crippen LogP contribution in [0.1, 0.15) is 29.3 Å². The van der Waals surface area contributed by atoms with Crippen molar-refractivity contribution in [1.29, 1.82) is 0 Å². The number of likely N-dealkylation sites (N-methyl/N-ethyl adjacent to an activating group) is 1. The van der Waals surface area contributed by atoms with E-state index in [4.69, 9.17) is 0 Å². The fourth-order valence-corrected chi connectivity index (χ4v) is 4.99. The van der Waals surface area contributed by atoms with Crippen molar-refractivity contribution < 1.29 is 15.0 Å². The van der Waals surface area contributed by atoms with Crippen LogP contribution in [0.4, 0.5) is 0 Å². The van der Waals surface area contributed by atoms with E-state index in [1.807, 2.05) is 12.1 Å². The zero-order valence-electron chi connectivity index (χ0n) is 14.8. The van der Waals surface area contributed by atoms with Gasteiger partial charge in [0.15, 0.2) is 0 Å². The Hall–Kier alpha value is -1.47. The first kappa shape index (κ1) is 17.0. The van der Waals surface area contributed by atoms with Crippen LogP contribution >= 0.6 is 0 Å². The first-order chi connectivity index (χ1) is 12.0. The van der Waals surface area contributed by atoms with Gasteiger partial charge in [-0.15, -0.1) is 0 Å². The maximum Gasteiger partial charge on any atom is 0.335 e. The van der Waals surface area contributed by atoms with E-state index in [9.17, 15) is 15.0 Å². The van der Waals surface area contributed by atoms with Gasteiger partial charge in [-0.3, -0.25) is 14.7 Å². The van der Waals surface area contributed by atoms with Crippen LogP contribution in [-0.4, -0.2) is 87.8 Å². The second-order valence-electron chi connectivity index (χ2n) is 7.90. The lowest BCUT2D eigenvalue weighted by Gasteiger charge is -2.61. The van der Waals surface area contributed by atoms with E-state index in [1.54, 1.807) is 12.1 Å². The van der Waals surface area contributed by atoms with Gasteiger partial charge in [-0.1, -0.05) is 19.1 Å². The molecule has 0 radical (unpaired) electrons. The van der Waals surface area contributed by atoms with E-state index >= 15 is 0 Å². The predicted octanol–water partition coefficient (Wildman–Crippen LogP) is 0.710. The Morgan fingerprint density at radius 2 is 2.00 bits per heavy atom. The minimum absolute atomic E-state index is 0.154. The number of benzene rings is 1. The number of likely N-dealkylation sites (tertiary alicyclic amines) is 1. The summed E-state index contributed by atoms with van der Waals surface area (Å²) >= 11 is 0. The summed E-state index contributed by atoms with van der Waals surface area (Å²) in [5.74, 6) is -0.875. The van der Waals surface area contributed by atoms with E-state index in [2.05, 4.69) is 21.6 Å². The molecular weight excluding hydrogens is 318 g/mol. The summed E-state index contributed by atoms with van der Waals surface area (Å²) in [4.78, 5) is 18.7. The number of fused-ring (bicyclic) bond motifs is 2.